The van der Waals surface area contributed by atoms with Gasteiger partial charge in [-0.2, -0.15) is 0 Å². The Morgan fingerprint density at radius 1 is 1.40 bits per heavy atom. The van der Waals surface area contributed by atoms with Crippen LogP contribution in [0.4, 0.5) is 4.79 Å². The number of carbonyl (C=O) groups excluding carboxylic acids is 3. The van der Waals surface area contributed by atoms with Crippen molar-refractivity contribution >= 4 is 17.8 Å². The minimum atomic E-state index is -0.971. The maximum atomic E-state index is 11.9. The third kappa shape index (κ3) is 2.92. The molecule has 0 spiro atoms. The van der Waals surface area contributed by atoms with Crippen molar-refractivity contribution in [2.24, 2.45) is 0 Å². The summed E-state index contributed by atoms with van der Waals surface area (Å²) in [5.41, 5.74) is -0.971. The molecule has 0 aromatic heterocycles. The molecule has 1 heterocycles. The molecule has 1 aliphatic heterocycles. The Kier molecular flexibility index (Phi) is 3.99. The zero-order valence-electron chi connectivity index (χ0n) is 11.8. The van der Waals surface area contributed by atoms with E-state index < -0.39 is 29.5 Å². The summed E-state index contributed by atoms with van der Waals surface area (Å²) in [6.07, 6.45) is 2.75. The number of nitrogens with one attached hydrogen (secondary N) is 2. The van der Waals surface area contributed by atoms with Crippen molar-refractivity contribution in [1.29, 1.82) is 0 Å². The van der Waals surface area contributed by atoms with E-state index in [9.17, 15) is 19.5 Å². The van der Waals surface area contributed by atoms with Crippen LogP contribution >= 0.6 is 0 Å². The van der Waals surface area contributed by atoms with E-state index in [0.717, 1.165) is 24.2 Å². The van der Waals surface area contributed by atoms with Gasteiger partial charge in [0, 0.05) is 0 Å². The van der Waals surface area contributed by atoms with Gasteiger partial charge < -0.3 is 15.7 Å². The summed E-state index contributed by atoms with van der Waals surface area (Å²) >= 11 is 0. The van der Waals surface area contributed by atoms with Gasteiger partial charge in [0.05, 0.1) is 12.1 Å². The second-order valence-corrected chi connectivity index (χ2v) is 5.97. The van der Waals surface area contributed by atoms with E-state index in [1.165, 1.54) is 0 Å². The number of urea groups is 1. The minimum absolute atomic E-state index is 0.287. The summed E-state index contributed by atoms with van der Waals surface area (Å²) in [5, 5.41) is 15.0. The molecule has 1 saturated heterocycles. The molecule has 3 N–H and O–H groups in total. The molecule has 7 nitrogen and oxygen atoms in total. The number of aliphatic hydroxyl groups excluding tert-OH is 1. The number of imide groups is 1. The Labute approximate surface area is 117 Å². The molecule has 1 saturated carbocycles. The highest BCUT2D eigenvalue weighted by Gasteiger charge is 2.45. The Balaban J connectivity index is 1.91. The fourth-order valence-corrected chi connectivity index (χ4v) is 2.64. The Morgan fingerprint density at radius 2 is 2.05 bits per heavy atom. The van der Waals surface area contributed by atoms with Crippen LogP contribution in [0.5, 0.6) is 0 Å². The van der Waals surface area contributed by atoms with Crippen molar-refractivity contribution in [3.8, 4) is 0 Å². The van der Waals surface area contributed by atoms with Gasteiger partial charge in [0.1, 0.15) is 12.1 Å². The van der Waals surface area contributed by atoms with Crippen LogP contribution in [0.1, 0.15) is 39.5 Å². The van der Waals surface area contributed by atoms with Gasteiger partial charge in [-0.05, 0) is 26.7 Å². The maximum absolute atomic E-state index is 11.9. The van der Waals surface area contributed by atoms with E-state index in [0.29, 0.717) is 6.42 Å². The van der Waals surface area contributed by atoms with Crippen LogP contribution in [0.25, 0.3) is 0 Å². The van der Waals surface area contributed by atoms with E-state index in [4.69, 9.17) is 0 Å². The monoisotopic (exact) mass is 283 g/mol. The molecule has 4 amide bonds. The fraction of sp³-hybridized carbons (Fsp3) is 0.769. The number of rotatable bonds is 3. The largest absolute Gasteiger partial charge is 0.391 e. The number of aliphatic hydroxyl groups is 1. The highest BCUT2D eigenvalue weighted by Crippen LogP contribution is 2.19. The van der Waals surface area contributed by atoms with Crippen LogP contribution < -0.4 is 10.6 Å². The first kappa shape index (κ1) is 14.8. The van der Waals surface area contributed by atoms with Crippen LogP contribution in [0.3, 0.4) is 0 Å². The quantitative estimate of drug-likeness (QED) is 0.621. The first-order valence-corrected chi connectivity index (χ1v) is 6.93. The predicted octanol–water partition coefficient (Wildman–Crippen LogP) is -0.264. The average molecular weight is 283 g/mol. The van der Waals surface area contributed by atoms with Crippen molar-refractivity contribution in [2.45, 2.75) is 57.2 Å². The van der Waals surface area contributed by atoms with Gasteiger partial charge in [0.25, 0.3) is 5.91 Å². The van der Waals surface area contributed by atoms with Crippen LogP contribution in [-0.4, -0.2) is 52.1 Å². The van der Waals surface area contributed by atoms with Gasteiger partial charge in [0.15, 0.2) is 0 Å². The molecule has 7 heteroatoms. The molecule has 0 aromatic carbocycles. The van der Waals surface area contributed by atoms with E-state index in [-0.39, 0.29) is 12.6 Å². The lowest BCUT2D eigenvalue weighted by molar-refractivity contribution is -0.134. The normalized spacial score (nSPS) is 29.2. The maximum Gasteiger partial charge on any atom is 0.325 e. The molecule has 0 unspecified atom stereocenters. The van der Waals surface area contributed by atoms with E-state index >= 15 is 0 Å². The second kappa shape index (κ2) is 5.40. The third-order valence-corrected chi connectivity index (χ3v) is 3.82. The molecule has 2 rings (SSSR count). The number of nitrogens with zero attached hydrogens (tertiary/aromatic N) is 1. The molecule has 2 aliphatic rings. The molecule has 112 valence electrons. The third-order valence-electron chi connectivity index (χ3n) is 3.82. The van der Waals surface area contributed by atoms with Crippen molar-refractivity contribution in [2.75, 3.05) is 6.54 Å². The first-order valence-electron chi connectivity index (χ1n) is 6.93. The standard InChI is InChI=1S/C13H21N3O4/c1-13(2)11(19)16(12(20)15-13)7-10(18)14-8-5-3-4-6-9(8)17/h8-9,17H,3-7H2,1-2H3,(H,14,18)(H,15,20)/t8-,9-/m0/s1. The molecule has 2 fully saturated rings. The second-order valence-electron chi connectivity index (χ2n) is 5.97. The number of amides is 4. The van der Waals surface area contributed by atoms with Crippen molar-refractivity contribution < 1.29 is 19.5 Å². The first-order chi connectivity index (χ1) is 9.31. The molecule has 0 radical (unpaired) electrons. The SMILES string of the molecule is CC1(C)NC(=O)N(CC(=O)N[C@H]2CCCC[C@@H]2O)C1=O. The van der Waals surface area contributed by atoms with E-state index in [2.05, 4.69) is 10.6 Å². The van der Waals surface area contributed by atoms with Crippen molar-refractivity contribution in [1.82, 2.24) is 15.5 Å². The average Bonchev–Trinajstić information content (AvgIpc) is 2.55. The van der Waals surface area contributed by atoms with Gasteiger partial charge in [-0.1, -0.05) is 12.8 Å². The lowest BCUT2D eigenvalue weighted by Crippen LogP contribution is -2.49. The van der Waals surface area contributed by atoms with Crippen molar-refractivity contribution in [3.05, 3.63) is 0 Å². The highest BCUT2D eigenvalue weighted by atomic mass is 16.3. The zero-order valence-corrected chi connectivity index (χ0v) is 11.8. The highest BCUT2D eigenvalue weighted by molar-refractivity contribution is 6.08. The lowest BCUT2D eigenvalue weighted by Gasteiger charge is -2.28. The molecule has 20 heavy (non-hydrogen) atoms. The smallest absolute Gasteiger partial charge is 0.325 e. The fourth-order valence-electron chi connectivity index (χ4n) is 2.64. The molecule has 0 bridgehead atoms. The van der Waals surface area contributed by atoms with Crippen LogP contribution in [0.15, 0.2) is 0 Å². The van der Waals surface area contributed by atoms with Gasteiger partial charge in [-0.3, -0.25) is 14.5 Å². The molecule has 1 aliphatic carbocycles. The molecule has 2 atom stereocenters. The number of hydrogen-bond acceptors (Lipinski definition) is 4. The topological polar surface area (TPSA) is 98.7 Å². The van der Waals surface area contributed by atoms with Crippen LogP contribution in [-0.2, 0) is 9.59 Å². The van der Waals surface area contributed by atoms with Gasteiger partial charge in [-0.25, -0.2) is 4.79 Å². The molecule has 0 aromatic rings. The van der Waals surface area contributed by atoms with Crippen LogP contribution in [0.2, 0.25) is 0 Å². The Bertz CT molecular complexity index is 435. The van der Waals surface area contributed by atoms with E-state index in [1.54, 1.807) is 13.8 Å². The van der Waals surface area contributed by atoms with E-state index in [1.807, 2.05) is 0 Å². The van der Waals surface area contributed by atoms with Gasteiger partial charge in [0.2, 0.25) is 5.91 Å². The summed E-state index contributed by atoms with van der Waals surface area (Å²) in [6, 6.07) is -0.843. The lowest BCUT2D eigenvalue weighted by atomic mass is 9.92. The summed E-state index contributed by atoms with van der Waals surface area (Å²) in [6.45, 7) is 2.88. The zero-order chi connectivity index (χ0) is 14.9. The summed E-state index contributed by atoms with van der Waals surface area (Å²) in [5.74, 6) is -0.834. The summed E-state index contributed by atoms with van der Waals surface area (Å²) < 4.78 is 0. The minimum Gasteiger partial charge on any atom is -0.391 e. The van der Waals surface area contributed by atoms with Crippen LogP contribution in [0, 0.1) is 0 Å². The van der Waals surface area contributed by atoms with Gasteiger partial charge in [-0.15, -0.1) is 0 Å². The summed E-state index contributed by atoms with van der Waals surface area (Å²) in [7, 11) is 0. The molecular formula is C13H21N3O4. The molecular weight excluding hydrogens is 262 g/mol. The summed E-state index contributed by atoms with van der Waals surface area (Å²) in [4.78, 5) is 36.4. The predicted molar refractivity (Wildman–Crippen MR) is 70.7 cm³/mol. The Hall–Kier alpha value is -1.63. The van der Waals surface area contributed by atoms with Gasteiger partial charge >= 0.3 is 6.03 Å². The number of hydrogen-bond donors (Lipinski definition) is 3. The number of carbonyl (C=O) groups is 3. The Morgan fingerprint density at radius 3 is 2.60 bits per heavy atom. The van der Waals surface area contributed by atoms with Crippen molar-refractivity contribution in [3.63, 3.8) is 0 Å².